The normalized spacial score (nSPS) is 13.2. The van der Waals surface area contributed by atoms with E-state index in [0.29, 0.717) is 0 Å². The molecular formula is C21H21F3N2O4. The van der Waals surface area contributed by atoms with E-state index >= 15 is 0 Å². The maximum atomic E-state index is 13.2. The van der Waals surface area contributed by atoms with E-state index in [-0.39, 0.29) is 12.0 Å². The summed E-state index contributed by atoms with van der Waals surface area (Å²) in [5, 5.41) is 14.1. The van der Waals surface area contributed by atoms with Gasteiger partial charge in [0.05, 0.1) is 5.56 Å². The first-order chi connectivity index (χ1) is 14.1. The zero-order valence-corrected chi connectivity index (χ0v) is 16.1. The van der Waals surface area contributed by atoms with Crippen LogP contribution in [-0.4, -0.2) is 35.0 Å². The molecule has 0 aliphatic heterocycles. The topological polar surface area (TPSA) is 95.5 Å². The molecule has 6 nitrogen and oxygen atoms in total. The van der Waals surface area contributed by atoms with Crippen molar-refractivity contribution in [2.75, 3.05) is 0 Å². The summed E-state index contributed by atoms with van der Waals surface area (Å²) >= 11 is 0. The summed E-state index contributed by atoms with van der Waals surface area (Å²) in [5.41, 5.74) is -0.495. The average molecular weight is 422 g/mol. The van der Waals surface area contributed by atoms with Crippen LogP contribution in [-0.2, 0) is 33.4 Å². The number of benzene rings is 2. The predicted molar refractivity (Wildman–Crippen MR) is 102 cm³/mol. The minimum absolute atomic E-state index is 0.0950. The third-order valence-corrected chi connectivity index (χ3v) is 4.34. The molecule has 2 rings (SSSR count). The predicted octanol–water partition coefficient (Wildman–Crippen LogP) is 2.56. The van der Waals surface area contributed by atoms with Gasteiger partial charge < -0.3 is 15.7 Å². The van der Waals surface area contributed by atoms with Crippen LogP contribution in [0.15, 0.2) is 54.6 Å². The standard InChI is InChI=1S/C21H21F3N2O4/c1-13(27)25-17(11-14-7-3-2-4-8-14)19(28)26-18(20(29)30)12-15-9-5-6-10-16(15)21(22,23)24/h2-10,17-18H,11-12H2,1H3,(H,25,27)(H,26,28)(H,29,30)/t17-,18-/m0/s1. The van der Waals surface area contributed by atoms with Crippen molar-refractivity contribution in [3.63, 3.8) is 0 Å². The van der Waals surface area contributed by atoms with Crippen LogP contribution < -0.4 is 10.6 Å². The van der Waals surface area contributed by atoms with E-state index < -0.39 is 48.0 Å². The van der Waals surface area contributed by atoms with Crippen molar-refractivity contribution in [2.24, 2.45) is 0 Å². The lowest BCUT2D eigenvalue weighted by Crippen LogP contribution is -2.52. The molecule has 0 aliphatic carbocycles. The third-order valence-electron chi connectivity index (χ3n) is 4.34. The second-order valence-corrected chi connectivity index (χ2v) is 6.70. The summed E-state index contributed by atoms with van der Waals surface area (Å²) in [4.78, 5) is 35.8. The number of hydrogen-bond donors (Lipinski definition) is 3. The highest BCUT2D eigenvalue weighted by atomic mass is 19.4. The molecule has 2 atom stereocenters. The number of carbonyl (C=O) groups excluding carboxylic acids is 2. The first-order valence-electron chi connectivity index (χ1n) is 9.07. The number of carboxylic acid groups (broad SMARTS) is 1. The molecule has 2 aromatic carbocycles. The van der Waals surface area contributed by atoms with E-state index in [2.05, 4.69) is 10.6 Å². The van der Waals surface area contributed by atoms with Gasteiger partial charge in [0.1, 0.15) is 12.1 Å². The van der Waals surface area contributed by atoms with E-state index in [1.54, 1.807) is 30.3 Å². The zero-order valence-electron chi connectivity index (χ0n) is 16.1. The van der Waals surface area contributed by atoms with Gasteiger partial charge in [0.2, 0.25) is 11.8 Å². The Labute approximate surface area is 171 Å². The van der Waals surface area contributed by atoms with Crippen LogP contribution in [0.25, 0.3) is 0 Å². The maximum Gasteiger partial charge on any atom is 0.416 e. The molecule has 2 aromatic rings. The molecule has 2 amide bonds. The molecule has 9 heteroatoms. The van der Waals surface area contributed by atoms with E-state index in [1.807, 2.05) is 0 Å². The molecule has 160 valence electrons. The molecule has 0 saturated carbocycles. The second-order valence-electron chi connectivity index (χ2n) is 6.70. The smallest absolute Gasteiger partial charge is 0.416 e. The first-order valence-corrected chi connectivity index (χ1v) is 9.07. The van der Waals surface area contributed by atoms with Gasteiger partial charge in [0, 0.05) is 19.8 Å². The van der Waals surface area contributed by atoms with Gasteiger partial charge in [0.25, 0.3) is 0 Å². The van der Waals surface area contributed by atoms with Crippen LogP contribution in [0, 0.1) is 0 Å². The minimum Gasteiger partial charge on any atom is -0.480 e. The van der Waals surface area contributed by atoms with Crippen LogP contribution >= 0.6 is 0 Å². The van der Waals surface area contributed by atoms with Crippen LogP contribution in [0.2, 0.25) is 0 Å². The lowest BCUT2D eigenvalue weighted by atomic mass is 9.99. The van der Waals surface area contributed by atoms with Crippen LogP contribution in [0.1, 0.15) is 23.6 Å². The van der Waals surface area contributed by atoms with Crippen molar-refractivity contribution in [3.05, 3.63) is 71.3 Å². The molecule has 0 heterocycles. The fourth-order valence-electron chi connectivity index (χ4n) is 2.97. The number of halogens is 3. The molecule has 0 bridgehead atoms. The molecule has 0 aliphatic rings. The first kappa shape index (κ1) is 22.9. The number of amides is 2. The number of hydrogen-bond acceptors (Lipinski definition) is 3. The quantitative estimate of drug-likeness (QED) is 0.609. The van der Waals surface area contributed by atoms with E-state index in [9.17, 15) is 32.7 Å². The summed E-state index contributed by atoms with van der Waals surface area (Å²) in [5.74, 6) is -2.78. The van der Waals surface area contributed by atoms with Crippen molar-refractivity contribution >= 4 is 17.8 Å². The van der Waals surface area contributed by atoms with Crippen molar-refractivity contribution in [1.29, 1.82) is 0 Å². The number of alkyl halides is 3. The van der Waals surface area contributed by atoms with E-state index in [0.717, 1.165) is 11.6 Å². The van der Waals surface area contributed by atoms with E-state index in [1.165, 1.54) is 25.1 Å². The van der Waals surface area contributed by atoms with Gasteiger partial charge >= 0.3 is 12.1 Å². The second kappa shape index (κ2) is 9.91. The number of rotatable bonds is 8. The number of aliphatic carboxylic acids is 1. The Balaban J connectivity index is 2.21. The Bertz CT molecular complexity index is 901. The van der Waals surface area contributed by atoms with Gasteiger partial charge in [-0.05, 0) is 17.2 Å². The molecule has 0 fully saturated rings. The van der Waals surface area contributed by atoms with Gasteiger partial charge in [-0.2, -0.15) is 13.2 Å². The monoisotopic (exact) mass is 422 g/mol. The molecule has 30 heavy (non-hydrogen) atoms. The molecule has 0 aromatic heterocycles. The summed E-state index contributed by atoms with van der Waals surface area (Å²) < 4.78 is 39.6. The molecule has 3 N–H and O–H groups in total. The summed E-state index contributed by atoms with van der Waals surface area (Å²) in [6.45, 7) is 1.21. The number of carbonyl (C=O) groups is 3. The van der Waals surface area contributed by atoms with Crippen LogP contribution in [0.4, 0.5) is 13.2 Å². The van der Waals surface area contributed by atoms with Gasteiger partial charge in [-0.1, -0.05) is 48.5 Å². The zero-order chi connectivity index (χ0) is 22.3. The van der Waals surface area contributed by atoms with Crippen LogP contribution in [0.5, 0.6) is 0 Å². The largest absolute Gasteiger partial charge is 0.480 e. The van der Waals surface area contributed by atoms with Gasteiger partial charge in [0.15, 0.2) is 0 Å². The number of carboxylic acids is 1. The molecule has 0 unspecified atom stereocenters. The lowest BCUT2D eigenvalue weighted by Gasteiger charge is -2.22. The van der Waals surface area contributed by atoms with Crippen molar-refractivity contribution in [3.8, 4) is 0 Å². The highest BCUT2D eigenvalue weighted by Crippen LogP contribution is 2.32. The highest BCUT2D eigenvalue weighted by Gasteiger charge is 2.35. The Hall–Kier alpha value is -3.36. The summed E-state index contributed by atoms with van der Waals surface area (Å²) in [6, 6.07) is 10.6. The van der Waals surface area contributed by atoms with Crippen molar-refractivity contribution in [1.82, 2.24) is 10.6 Å². The Kier molecular flexibility index (Phi) is 7.57. The highest BCUT2D eigenvalue weighted by molar-refractivity contribution is 5.90. The lowest BCUT2D eigenvalue weighted by molar-refractivity contribution is -0.143. The summed E-state index contributed by atoms with van der Waals surface area (Å²) in [6.07, 6.45) is -5.12. The van der Waals surface area contributed by atoms with Crippen molar-refractivity contribution < 1.29 is 32.7 Å². The maximum absolute atomic E-state index is 13.2. The van der Waals surface area contributed by atoms with Crippen molar-refractivity contribution in [2.45, 2.75) is 38.0 Å². The Morgan fingerprint density at radius 3 is 2.07 bits per heavy atom. The average Bonchev–Trinajstić information content (AvgIpc) is 2.67. The molecule has 0 spiro atoms. The number of nitrogens with one attached hydrogen (secondary N) is 2. The molecule has 0 radical (unpaired) electrons. The molecule has 0 saturated heterocycles. The summed E-state index contributed by atoms with van der Waals surface area (Å²) in [7, 11) is 0. The van der Waals surface area contributed by atoms with Crippen LogP contribution in [0.3, 0.4) is 0 Å². The Morgan fingerprint density at radius 2 is 1.50 bits per heavy atom. The van der Waals surface area contributed by atoms with Gasteiger partial charge in [-0.15, -0.1) is 0 Å². The SMILES string of the molecule is CC(=O)N[C@@H](Cc1ccccc1)C(=O)N[C@@H](Cc1ccccc1C(F)(F)F)C(=O)O. The minimum atomic E-state index is -4.66. The van der Waals surface area contributed by atoms with Gasteiger partial charge in [-0.25, -0.2) is 4.79 Å². The fraction of sp³-hybridized carbons (Fsp3) is 0.286. The molecular weight excluding hydrogens is 401 g/mol. The fourth-order valence-corrected chi connectivity index (χ4v) is 2.97. The third kappa shape index (κ3) is 6.61. The van der Waals surface area contributed by atoms with E-state index in [4.69, 9.17) is 0 Å². The van der Waals surface area contributed by atoms with Gasteiger partial charge in [-0.3, -0.25) is 9.59 Å². The Morgan fingerprint density at radius 1 is 0.900 bits per heavy atom.